The van der Waals surface area contributed by atoms with E-state index in [0.717, 1.165) is 0 Å². The molecule has 0 aliphatic carbocycles. The quantitative estimate of drug-likeness (QED) is 0.320. The van der Waals surface area contributed by atoms with E-state index < -0.39 is 0 Å². The molecular weight excluding hydrogens is 458 g/mol. The van der Waals surface area contributed by atoms with Gasteiger partial charge in [0, 0.05) is 57.3 Å². The minimum absolute atomic E-state index is 0. The fraction of sp³-hybridized carbons (Fsp3) is 0. The second kappa shape index (κ2) is 71.5. The fourth-order valence-corrected chi connectivity index (χ4v) is 0. The van der Waals surface area contributed by atoms with Crippen LogP contribution in [0.5, 0.6) is 0 Å². The molecule has 0 heterocycles. The van der Waals surface area contributed by atoms with Crippen LogP contribution < -0.4 is 0 Å². The van der Waals surface area contributed by atoms with Crippen molar-refractivity contribution in [2.75, 3.05) is 0 Å². The van der Waals surface area contributed by atoms with Crippen molar-refractivity contribution in [3.8, 4) is 0 Å². The third-order valence-electron chi connectivity index (χ3n) is 0. The normalized spacial score (nSPS) is 0. The Morgan fingerprint density at radius 1 is 0.571 bits per heavy atom. The molecule has 7 heavy (non-hydrogen) atoms. The predicted molar refractivity (Wildman–Crippen MR) is 23.0 cm³/mol. The summed E-state index contributed by atoms with van der Waals surface area (Å²) in [7, 11) is 0. The molecule has 0 fully saturated rings. The third kappa shape index (κ3) is 54.1. The Morgan fingerprint density at radius 2 is 0.571 bits per heavy atom. The largest absolute Gasteiger partial charge is 0 e. The standard InChI is InChI=1S/La.4H2O.Pb.Ti.2H/h;4*1H2;;;;. The van der Waals surface area contributed by atoms with Crippen LogP contribution in [-0.4, -0.2) is 49.2 Å². The van der Waals surface area contributed by atoms with Crippen molar-refractivity contribution in [3.63, 3.8) is 0 Å². The maximum atomic E-state index is 0. The van der Waals surface area contributed by atoms with Gasteiger partial charge < -0.3 is 21.9 Å². The van der Waals surface area contributed by atoms with E-state index in [1.807, 2.05) is 0 Å². The SMILES string of the molecule is O.O.O.O.[La].[PbH2].[Ti]. The summed E-state index contributed by atoms with van der Waals surface area (Å²) in [6.07, 6.45) is 0. The summed E-state index contributed by atoms with van der Waals surface area (Å²) in [5, 5.41) is 0. The van der Waals surface area contributed by atoms with Gasteiger partial charge in [-0.25, -0.2) is 0 Å². The van der Waals surface area contributed by atoms with E-state index in [9.17, 15) is 0 Å². The summed E-state index contributed by atoms with van der Waals surface area (Å²) in [6, 6.07) is 0. The molecule has 0 spiro atoms. The molecule has 8 N–H and O–H groups in total. The summed E-state index contributed by atoms with van der Waals surface area (Å²) < 4.78 is 0. The van der Waals surface area contributed by atoms with Crippen LogP contribution in [0, 0.1) is 35.6 Å². The molecular formula is H10LaO4PbTi. The van der Waals surface area contributed by atoms with Crippen LogP contribution in [0.4, 0.5) is 0 Å². The monoisotopic (exact) mass is 469 g/mol. The minimum Gasteiger partial charge on any atom is 0 e. The zero-order chi connectivity index (χ0) is 0. The molecule has 0 bridgehead atoms. The second-order valence-corrected chi connectivity index (χ2v) is 0. The van der Waals surface area contributed by atoms with E-state index in [1.165, 1.54) is 0 Å². The van der Waals surface area contributed by atoms with Gasteiger partial charge in [-0.2, -0.15) is 0 Å². The first kappa shape index (κ1) is 102. The van der Waals surface area contributed by atoms with Crippen molar-refractivity contribution in [2.45, 2.75) is 0 Å². The summed E-state index contributed by atoms with van der Waals surface area (Å²) in [6.45, 7) is 0. The van der Waals surface area contributed by atoms with E-state index in [0.29, 0.717) is 0 Å². The van der Waals surface area contributed by atoms with Gasteiger partial charge in [0.15, 0.2) is 0 Å². The Bertz CT molecular complexity index is 11.7. The zero-order valence-electron chi connectivity index (χ0n) is 3.78. The van der Waals surface area contributed by atoms with Crippen LogP contribution in [0.25, 0.3) is 0 Å². The average Bonchev–Trinajstić information content (AvgIpc) is 0. The molecule has 0 aromatic rings. The van der Waals surface area contributed by atoms with E-state index >= 15 is 0 Å². The number of hydrogen-bond donors (Lipinski definition) is 0. The van der Waals surface area contributed by atoms with Gasteiger partial charge in [-0.3, -0.25) is 0 Å². The van der Waals surface area contributed by atoms with Crippen LogP contribution >= 0.6 is 0 Å². The van der Waals surface area contributed by atoms with Crippen molar-refractivity contribution in [1.82, 2.24) is 0 Å². The smallest absolute Gasteiger partial charge is 0 e. The Balaban J connectivity index is 0. The number of hydrogen-bond acceptors (Lipinski definition) is 0. The van der Waals surface area contributed by atoms with Gasteiger partial charge >= 0.3 is 27.3 Å². The molecule has 0 aliphatic rings. The Labute approximate surface area is 105 Å². The third-order valence-corrected chi connectivity index (χ3v) is 0. The molecule has 0 aliphatic heterocycles. The molecule has 0 rings (SSSR count). The van der Waals surface area contributed by atoms with Gasteiger partial charge in [0.25, 0.3) is 0 Å². The first-order chi connectivity index (χ1) is 0. The summed E-state index contributed by atoms with van der Waals surface area (Å²) >= 11 is 0. The Hall–Kier alpha value is 2.67. The van der Waals surface area contributed by atoms with Crippen molar-refractivity contribution in [2.24, 2.45) is 0 Å². The minimum atomic E-state index is 0. The predicted octanol–water partition coefficient (Wildman–Crippen LogP) is -4.22. The molecule has 0 atom stereocenters. The van der Waals surface area contributed by atoms with Crippen molar-refractivity contribution < 1.29 is 79.2 Å². The first-order valence-corrected chi connectivity index (χ1v) is 0. The molecule has 7 heteroatoms. The van der Waals surface area contributed by atoms with Crippen LogP contribution in [0.3, 0.4) is 0 Å². The van der Waals surface area contributed by atoms with Crippen LogP contribution in [0.15, 0.2) is 0 Å². The molecule has 45 valence electrons. The zero-order valence-corrected chi connectivity index (χ0v) is 14.5. The first-order valence-electron chi connectivity index (χ1n) is 0. The van der Waals surface area contributed by atoms with Crippen molar-refractivity contribution >= 4 is 27.3 Å². The van der Waals surface area contributed by atoms with E-state index in [1.54, 1.807) is 0 Å². The molecule has 0 saturated heterocycles. The molecule has 0 aromatic carbocycles. The van der Waals surface area contributed by atoms with Crippen LogP contribution in [0.2, 0.25) is 0 Å². The summed E-state index contributed by atoms with van der Waals surface area (Å²) in [5.74, 6) is 0. The Morgan fingerprint density at radius 3 is 0.571 bits per heavy atom. The summed E-state index contributed by atoms with van der Waals surface area (Å²) in [4.78, 5) is 0. The van der Waals surface area contributed by atoms with E-state index in [4.69, 9.17) is 0 Å². The van der Waals surface area contributed by atoms with Gasteiger partial charge in [-0.1, -0.05) is 0 Å². The second-order valence-electron chi connectivity index (χ2n) is 0. The number of rotatable bonds is 0. The van der Waals surface area contributed by atoms with E-state index in [2.05, 4.69) is 0 Å². The van der Waals surface area contributed by atoms with Crippen molar-refractivity contribution in [1.29, 1.82) is 0 Å². The van der Waals surface area contributed by atoms with Crippen molar-refractivity contribution in [3.05, 3.63) is 0 Å². The van der Waals surface area contributed by atoms with Gasteiger partial charge in [0.05, 0.1) is 0 Å². The topological polar surface area (TPSA) is 126 Å². The molecule has 3 radical (unpaired) electrons. The maximum Gasteiger partial charge on any atom is 0 e. The molecule has 0 unspecified atom stereocenters. The molecule has 0 saturated carbocycles. The molecule has 0 amide bonds. The van der Waals surface area contributed by atoms with Crippen LogP contribution in [0.1, 0.15) is 0 Å². The van der Waals surface area contributed by atoms with Crippen LogP contribution in [-0.2, 0) is 21.7 Å². The molecule has 4 nitrogen and oxygen atoms in total. The van der Waals surface area contributed by atoms with Gasteiger partial charge in [-0.05, 0) is 0 Å². The Kier molecular flexibility index (Phi) is 1040. The van der Waals surface area contributed by atoms with Gasteiger partial charge in [-0.15, -0.1) is 0 Å². The van der Waals surface area contributed by atoms with E-state index in [-0.39, 0.29) is 107 Å². The average molecular weight is 468 g/mol. The van der Waals surface area contributed by atoms with Gasteiger partial charge in [0.1, 0.15) is 0 Å². The summed E-state index contributed by atoms with van der Waals surface area (Å²) in [5.41, 5.74) is 0. The van der Waals surface area contributed by atoms with Gasteiger partial charge in [0.2, 0.25) is 0 Å². The maximum absolute atomic E-state index is 0. The molecule has 0 aromatic heterocycles. The fourth-order valence-electron chi connectivity index (χ4n) is 0.